The highest BCUT2D eigenvalue weighted by atomic mass is 32.2. The van der Waals surface area contributed by atoms with Crippen molar-refractivity contribution < 1.29 is 22.9 Å². The summed E-state index contributed by atoms with van der Waals surface area (Å²) in [6.45, 7) is 2.57. The number of hydrogen-bond acceptors (Lipinski definition) is 7. The predicted octanol–water partition coefficient (Wildman–Crippen LogP) is 2.72. The van der Waals surface area contributed by atoms with E-state index in [0.29, 0.717) is 0 Å². The van der Waals surface area contributed by atoms with Gasteiger partial charge in [0.15, 0.2) is 0 Å². The summed E-state index contributed by atoms with van der Waals surface area (Å²) in [7, 11) is -4.06. The maximum atomic E-state index is 12.9. The molecule has 0 atom stereocenters. The molecule has 1 aromatic carbocycles. The van der Waals surface area contributed by atoms with Crippen molar-refractivity contribution in [1.82, 2.24) is 0 Å². The van der Waals surface area contributed by atoms with Gasteiger partial charge < -0.3 is 4.74 Å². The second-order valence-corrected chi connectivity index (χ2v) is 7.96. The van der Waals surface area contributed by atoms with Crippen LogP contribution in [0.5, 0.6) is 0 Å². The Morgan fingerprint density at radius 2 is 2.04 bits per heavy atom. The van der Waals surface area contributed by atoms with E-state index in [1.54, 1.807) is 18.4 Å². The molecule has 0 radical (unpaired) electrons. The van der Waals surface area contributed by atoms with Gasteiger partial charge >= 0.3 is 5.97 Å². The van der Waals surface area contributed by atoms with Crippen molar-refractivity contribution in [2.24, 2.45) is 0 Å². The molecular weight excluding hydrogens is 368 g/mol. The van der Waals surface area contributed by atoms with E-state index >= 15 is 0 Å². The summed E-state index contributed by atoms with van der Waals surface area (Å²) >= 11 is 0.994. The number of ether oxygens (including phenoxy) is 1. The van der Waals surface area contributed by atoms with Gasteiger partial charge in [0, 0.05) is 6.07 Å². The Morgan fingerprint density at radius 3 is 2.60 bits per heavy atom. The molecular formula is C15H16N2O6S2. The van der Waals surface area contributed by atoms with Crippen LogP contribution >= 0.6 is 11.3 Å². The number of hydrogen-bond donors (Lipinski definition) is 0. The van der Waals surface area contributed by atoms with E-state index in [-0.39, 0.29) is 27.8 Å². The second-order valence-electron chi connectivity index (χ2n) is 4.93. The number of rotatable bonds is 7. The SMILES string of the molecule is CCOC(=O)CN(c1cccc([N+](=O)[O-])c1C)S(=O)(=O)c1cccs1. The number of carbonyl (C=O) groups is 1. The summed E-state index contributed by atoms with van der Waals surface area (Å²) in [5.74, 6) is -0.742. The molecule has 10 heteroatoms. The first-order valence-electron chi connectivity index (χ1n) is 7.25. The summed E-state index contributed by atoms with van der Waals surface area (Å²) in [5, 5.41) is 12.7. The number of thiophene rings is 1. The first-order valence-corrected chi connectivity index (χ1v) is 9.57. The number of carbonyl (C=O) groups excluding carboxylic acids is 1. The van der Waals surface area contributed by atoms with E-state index in [2.05, 4.69) is 0 Å². The third-order valence-electron chi connectivity index (χ3n) is 3.36. The zero-order valence-corrected chi connectivity index (χ0v) is 15.2. The Morgan fingerprint density at radius 1 is 1.32 bits per heavy atom. The molecule has 0 aliphatic rings. The minimum absolute atomic E-state index is 0.0303. The van der Waals surface area contributed by atoms with Crippen molar-refractivity contribution >= 4 is 38.7 Å². The van der Waals surface area contributed by atoms with E-state index in [9.17, 15) is 23.3 Å². The molecule has 8 nitrogen and oxygen atoms in total. The van der Waals surface area contributed by atoms with Gasteiger partial charge in [-0.1, -0.05) is 12.1 Å². The van der Waals surface area contributed by atoms with Crippen LogP contribution in [0.1, 0.15) is 12.5 Å². The lowest BCUT2D eigenvalue weighted by Crippen LogP contribution is -2.36. The maximum Gasteiger partial charge on any atom is 0.326 e. The zero-order chi connectivity index (χ0) is 18.6. The molecule has 0 bridgehead atoms. The topological polar surface area (TPSA) is 107 Å². The van der Waals surface area contributed by atoms with Gasteiger partial charge in [-0.3, -0.25) is 19.2 Å². The van der Waals surface area contributed by atoms with Crippen LogP contribution in [-0.4, -0.2) is 32.5 Å². The molecule has 1 heterocycles. The molecule has 0 saturated carbocycles. The predicted molar refractivity (Wildman–Crippen MR) is 93.3 cm³/mol. The maximum absolute atomic E-state index is 12.9. The smallest absolute Gasteiger partial charge is 0.326 e. The Bertz CT molecular complexity index is 877. The molecule has 25 heavy (non-hydrogen) atoms. The highest BCUT2D eigenvalue weighted by Gasteiger charge is 2.31. The number of nitrogens with zero attached hydrogens (tertiary/aromatic N) is 2. The van der Waals surface area contributed by atoms with Crippen LogP contribution in [0.25, 0.3) is 0 Å². The number of sulfonamides is 1. The summed E-state index contributed by atoms with van der Waals surface area (Å²) in [4.78, 5) is 22.5. The van der Waals surface area contributed by atoms with Crippen LogP contribution in [0.15, 0.2) is 39.9 Å². The van der Waals surface area contributed by atoms with E-state index < -0.39 is 27.5 Å². The normalized spacial score (nSPS) is 11.1. The fourth-order valence-electron chi connectivity index (χ4n) is 2.22. The molecule has 134 valence electrons. The van der Waals surface area contributed by atoms with Crippen molar-refractivity contribution in [2.45, 2.75) is 18.1 Å². The van der Waals surface area contributed by atoms with Gasteiger partial charge in [0.25, 0.3) is 15.7 Å². The van der Waals surface area contributed by atoms with Gasteiger partial charge in [0.1, 0.15) is 10.8 Å². The Hall–Kier alpha value is -2.46. The van der Waals surface area contributed by atoms with E-state index in [1.807, 2.05) is 0 Å². The zero-order valence-electron chi connectivity index (χ0n) is 13.5. The molecule has 0 aliphatic carbocycles. The van der Waals surface area contributed by atoms with E-state index in [4.69, 9.17) is 4.74 Å². The average Bonchev–Trinajstić information content (AvgIpc) is 3.08. The number of nitro benzene ring substituents is 1. The Labute approximate surface area is 148 Å². The lowest BCUT2D eigenvalue weighted by molar-refractivity contribution is -0.385. The van der Waals surface area contributed by atoms with Crippen molar-refractivity contribution in [3.63, 3.8) is 0 Å². The van der Waals surface area contributed by atoms with Crippen molar-refractivity contribution in [2.75, 3.05) is 17.5 Å². The number of esters is 1. The number of nitro groups is 1. The number of anilines is 1. The van der Waals surface area contributed by atoms with E-state index in [0.717, 1.165) is 15.6 Å². The quantitative estimate of drug-likeness (QED) is 0.413. The lowest BCUT2D eigenvalue weighted by atomic mass is 10.1. The van der Waals surface area contributed by atoms with Gasteiger partial charge in [-0.25, -0.2) is 8.42 Å². The minimum atomic E-state index is -4.06. The van der Waals surface area contributed by atoms with Gasteiger partial charge in [-0.15, -0.1) is 11.3 Å². The minimum Gasteiger partial charge on any atom is -0.465 e. The Kier molecular flexibility index (Phi) is 5.75. The monoisotopic (exact) mass is 384 g/mol. The van der Waals surface area contributed by atoms with Crippen LogP contribution < -0.4 is 4.31 Å². The van der Waals surface area contributed by atoms with Gasteiger partial charge in [-0.05, 0) is 31.4 Å². The van der Waals surface area contributed by atoms with E-state index in [1.165, 1.54) is 31.2 Å². The molecule has 0 saturated heterocycles. The molecule has 0 unspecified atom stereocenters. The van der Waals surface area contributed by atoms with Gasteiger partial charge in [0.05, 0.1) is 22.8 Å². The van der Waals surface area contributed by atoms with Crippen LogP contribution in [-0.2, 0) is 19.6 Å². The molecule has 0 N–H and O–H groups in total. The molecule has 2 aromatic rings. The van der Waals surface area contributed by atoms with Crippen molar-refractivity contribution in [1.29, 1.82) is 0 Å². The van der Waals surface area contributed by atoms with Crippen molar-refractivity contribution in [3.8, 4) is 0 Å². The standard InChI is InChI=1S/C15H16N2O6S2/c1-3-23-14(18)10-16(25(21,22)15-8-5-9-24-15)12-6-4-7-13(11(12)2)17(19)20/h4-9H,3,10H2,1-2H3. The van der Waals surface area contributed by atoms with Gasteiger partial charge in [-0.2, -0.15) is 0 Å². The fraction of sp³-hybridized carbons (Fsp3) is 0.267. The highest BCUT2D eigenvalue weighted by Crippen LogP contribution is 2.33. The lowest BCUT2D eigenvalue weighted by Gasteiger charge is -2.24. The second kappa shape index (κ2) is 7.62. The van der Waals surface area contributed by atoms with Crippen LogP contribution in [0, 0.1) is 17.0 Å². The summed E-state index contributed by atoms with van der Waals surface area (Å²) in [6, 6.07) is 7.06. The largest absolute Gasteiger partial charge is 0.465 e. The molecule has 2 rings (SSSR count). The van der Waals surface area contributed by atoms with Crippen LogP contribution in [0.3, 0.4) is 0 Å². The third kappa shape index (κ3) is 3.97. The van der Waals surface area contributed by atoms with Gasteiger partial charge in [0.2, 0.25) is 0 Å². The number of benzene rings is 1. The molecule has 0 spiro atoms. The first-order chi connectivity index (χ1) is 11.8. The third-order valence-corrected chi connectivity index (χ3v) is 6.49. The Balaban J connectivity index is 2.59. The summed E-state index contributed by atoms with van der Waals surface area (Å²) in [5.41, 5.74) is -0.0136. The highest BCUT2D eigenvalue weighted by molar-refractivity contribution is 7.94. The van der Waals surface area contributed by atoms with Crippen LogP contribution in [0.4, 0.5) is 11.4 Å². The molecule has 1 aromatic heterocycles. The van der Waals surface area contributed by atoms with Crippen LogP contribution in [0.2, 0.25) is 0 Å². The average molecular weight is 384 g/mol. The molecule has 0 aliphatic heterocycles. The molecule has 0 amide bonds. The first kappa shape index (κ1) is 18.9. The summed E-state index contributed by atoms with van der Waals surface area (Å²) in [6.07, 6.45) is 0. The molecule has 0 fully saturated rings. The summed E-state index contributed by atoms with van der Waals surface area (Å²) < 4.78 is 31.6. The fourth-order valence-corrected chi connectivity index (χ4v) is 4.79. The van der Waals surface area contributed by atoms with Crippen molar-refractivity contribution in [3.05, 3.63) is 51.4 Å².